The van der Waals surface area contributed by atoms with Crippen LogP contribution in [0.5, 0.6) is 0 Å². The van der Waals surface area contributed by atoms with E-state index in [1.807, 2.05) is 0 Å². The molecule has 0 radical (unpaired) electrons. The summed E-state index contributed by atoms with van der Waals surface area (Å²) in [5.74, 6) is 5.29. The van der Waals surface area contributed by atoms with Crippen LogP contribution in [0.3, 0.4) is 0 Å². The van der Waals surface area contributed by atoms with E-state index in [4.69, 9.17) is 5.84 Å². The fourth-order valence-corrected chi connectivity index (χ4v) is 3.89. The van der Waals surface area contributed by atoms with Gasteiger partial charge in [0.05, 0.1) is 5.75 Å². The van der Waals surface area contributed by atoms with E-state index in [0.29, 0.717) is 0 Å². The summed E-state index contributed by atoms with van der Waals surface area (Å²) in [6.45, 7) is 0. The topological polar surface area (TPSA) is 84.2 Å². The molecule has 0 aromatic heterocycles. The minimum Gasteiger partial charge on any atom is -0.324 e. The second kappa shape index (κ2) is 7.83. The van der Waals surface area contributed by atoms with E-state index in [1.165, 1.54) is 6.42 Å². The Hall–Kier alpha value is -0.820. The van der Waals surface area contributed by atoms with Crippen molar-refractivity contribution in [3.05, 3.63) is 29.8 Å². The number of hydrogen-bond donors (Lipinski definition) is 3. The normalized spacial score (nSPS) is 16.4. The lowest BCUT2D eigenvalue weighted by molar-refractivity contribution is 0.412. The molecule has 20 heavy (non-hydrogen) atoms. The highest BCUT2D eigenvalue weighted by atomic mass is 35.5. The zero-order chi connectivity index (χ0) is 13.7. The van der Waals surface area contributed by atoms with Crippen LogP contribution in [0, 0.1) is 0 Å². The minimum atomic E-state index is -3.26. The third-order valence-electron chi connectivity index (χ3n) is 3.43. The first-order valence-corrected chi connectivity index (χ1v) is 8.30. The van der Waals surface area contributed by atoms with Crippen molar-refractivity contribution in [2.45, 2.75) is 43.9 Å². The van der Waals surface area contributed by atoms with Crippen LogP contribution in [0.15, 0.2) is 24.3 Å². The molecule has 0 aliphatic heterocycles. The molecular formula is C13H22ClN3O2S. The highest BCUT2D eigenvalue weighted by Crippen LogP contribution is 2.19. The summed E-state index contributed by atoms with van der Waals surface area (Å²) in [5.41, 5.74) is 4.05. The van der Waals surface area contributed by atoms with E-state index in [9.17, 15) is 8.42 Å². The molecule has 114 valence electrons. The number of nitrogens with one attached hydrogen (secondary N) is 2. The number of hydrazine groups is 1. The van der Waals surface area contributed by atoms with Crippen LogP contribution in [0.2, 0.25) is 0 Å². The maximum atomic E-state index is 12.1. The van der Waals surface area contributed by atoms with Crippen molar-refractivity contribution in [2.75, 3.05) is 5.43 Å². The standard InChI is InChI=1S/C13H21N3O2S.ClH/c14-15-12-8-6-11(7-9-12)10-19(17,18)16-13-4-2-1-3-5-13;/h6-9,13,15-16H,1-5,10,14H2;1H. The average Bonchev–Trinajstić information content (AvgIpc) is 2.39. The molecule has 1 aromatic carbocycles. The van der Waals surface area contributed by atoms with Gasteiger partial charge in [-0.05, 0) is 30.5 Å². The van der Waals surface area contributed by atoms with Crippen molar-refractivity contribution in [1.82, 2.24) is 4.72 Å². The zero-order valence-corrected chi connectivity index (χ0v) is 13.0. The minimum absolute atomic E-state index is 0. The molecule has 1 saturated carbocycles. The predicted molar refractivity (Wildman–Crippen MR) is 84.1 cm³/mol. The van der Waals surface area contributed by atoms with Crippen LogP contribution in [0.25, 0.3) is 0 Å². The van der Waals surface area contributed by atoms with Crippen LogP contribution < -0.4 is 16.0 Å². The van der Waals surface area contributed by atoms with E-state index in [0.717, 1.165) is 36.9 Å². The Bertz CT molecular complexity index is 499. The summed E-state index contributed by atoms with van der Waals surface area (Å²) in [4.78, 5) is 0. The number of nitrogens with two attached hydrogens (primary N) is 1. The van der Waals surface area contributed by atoms with Gasteiger partial charge < -0.3 is 5.43 Å². The third-order valence-corrected chi connectivity index (χ3v) is 4.83. The van der Waals surface area contributed by atoms with Gasteiger partial charge in [0.15, 0.2) is 0 Å². The number of sulfonamides is 1. The number of anilines is 1. The highest BCUT2D eigenvalue weighted by Gasteiger charge is 2.20. The molecule has 0 bridgehead atoms. The summed E-state index contributed by atoms with van der Waals surface area (Å²) in [6.07, 6.45) is 5.35. The van der Waals surface area contributed by atoms with Gasteiger partial charge in [-0.3, -0.25) is 5.84 Å². The Balaban J connectivity index is 0.00000200. The van der Waals surface area contributed by atoms with Crippen molar-refractivity contribution in [3.8, 4) is 0 Å². The summed E-state index contributed by atoms with van der Waals surface area (Å²) in [7, 11) is -3.26. The molecule has 0 unspecified atom stereocenters. The zero-order valence-electron chi connectivity index (χ0n) is 11.3. The Morgan fingerprint density at radius 1 is 1.10 bits per heavy atom. The van der Waals surface area contributed by atoms with Crippen LogP contribution in [-0.4, -0.2) is 14.5 Å². The van der Waals surface area contributed by atoms with Crippen molar-refractivity contribution < 1.29 is 8.42 Å². The monoisotopic (exact) mass is 319 g/mol. The fourth-order valence-electron chi connectivity index (χ4n) is 2.43. The van der Waals surface area contributed by atoms with Gasteiger partial charge in [-0.25, -0.2) is 13.1 Å². The average molecular weight is 320 g/mol. The lowest BCUT2D eigenvalue weighted by Gasteiger charge is -2.22. The number of benzene rings is 1. The van der Waals surface area contributed by atoms with Crippen LogP contribution in [-0.2, 0) is 15.8 Å². The van der Waals surface area contributed by atoms with E-state index in [-0.39, 0.29) is 24.2 Å². The van der Waals surface area contributed by atoms with Gasteiger partial charge in [0.25, 0.3) is 0 Å². The van der Waals surface area contributed by atoms with Gasteiger partial charge in [0.2, 0.25) is 10.0 Å². The van der Waals surface area contributed by atoms with Crippen molar-refractivity contribution in [1.29, 1.82) is 0 Å². The Labute approximate surface area is 126 Å². The third kappa shape index (κ3) is 5.28. The summed E-state index contributed by atoms with van der Waals surface area (Å²) < 4.78 is 26.9. The van der Waals surface area contributed by atoms with Gasteiger partial charge in [-0.2, -0.15) is 0 Å². The first-order chi connectivity index (χ1) is 9.09. The second-order valence-electron chi connectivity index (χ2n) is 5.05. The van der Waals surface area contributed by atoms with Gasteiger partial charge in [0, 0.05) is 11.7 Å². The fraction of sp³-hybridized carbons (Fsp3) is 0.538. The Kier molecular flexibility index (Phi) is 6.75. The van der Waals surface area contributed by atoms with Crippen LogP contribution in [0.4, 0.5) is 5.69 Å². The number of hydrogen-bond acceptors (Lipinski definition) is 4. The van der Waals surface area contributed by atoms with Crippen molar-refractivity contribution in [3.63, 3.8) is 0 Å². The van der Waals surface area contributed by atoms with Crippen molar-refractivity contribution >= 4 is 28.1 Å². The number of nitrogen functional groups attached to an aromatic ring is 1. The van der Waals surface area contributed by atoms with Gasteiger partial charge >= 0.3 is 0 Å². The molecule has 4 N–H and O–H groups in total. The molecule has 7 heteroatoms. The van der Waals surface area contributed by atoms with E-state index in [2.05, 4.69) is 10.1 Å². The molecule has 1 fully saturated rings. The summed E-state index contributed by atoms with van der Waals surface area (Å²) >= 11 is 0. The molecular weight excluding hydrogens is 298 g/mol. The molecule has 0 heterocycles. The van der Waals surface area contributed by atoms with Crippen molar-refractivity contribution in [2.24, 2.45) is 5.84 Å². The Morgan fingerprint density at radius 3 is 2.25 bits per heavy atom. The smallest absolute Gasteiger partial charge is 0.216 e. The molecule has 5 nitrogen and oxygen atoms in total. The molecule has 0 amide bonds. The molecule has 1 aliphatic carbocycles. The molecule has 1 aromatic rings. The largest absolute Gasteiger partial charge is 0.324 e. The predicted octanol–water partition coefficient (Wildman–Crippen LogP) is 2.15. The molecule has 2 rings (SSSR count). The van der Waals surface area contributed by atoms with Crippen LogP contribution in [0.1, 0.15) is 37.7 Å². The number of rotatable bonds is 5. The highest BCUT2D eigenvalue weighted by molar-refractivity contribution is 7.88. The molecule has 1 aliphatic rings. The van der Waals surface area contributed by atoms with Crippen LogP contribution >= 0.6 is 12.4 Å². The van der Waals surface area contributed by atoms with E-state index < -0.39 is 10.0 Å². The van der Waals surface area contributed by atoms with Gasteiger partial charge in [0.1, 0.15) is 0 Å². The number of halogens is 1. The van der Waals surface area contributed by atoms with E-state index >= 15 is 0 Å². The molecule has 0 spiro atoms. The molecule has 0 saturated heterocycles. The second-order valence-corrected chi connectivity index (χ2v) is 6.81. The van der Waals surface area contributed by atoms with Gasteiger partial charge in [-0.1, -0.05) is 31.4 Å². The maximum Gasteiger partial charge on any atom is 0.216 e. The maximum absolute atomic E-state index is 12.1. The van der Waals surface area contributed by atoms with Gasteiger partial charge in [-0.15, -0.1) is 12.4 Å². The lowest BCUT2D eigenvalue weighted by atomic mass is 9.96. The summed E-state index contributed by atoms with van der Waals surface area (Å²) in [5, 5.41) is 0. The van der Waals surface area contributed by atoms with E-state index in [1.54, 1.807) is 24.3 Å². The quantitative estimate of drug-likeness (QED) is 0.573. The first-order valence-electron chi connectivity index (χ1n) is 6.64. The lowest BCUT2D eigenvalue weighted by Crippen LogP contribution is -2.36. The Morgan fingerprint density at radius 2 is 1.70 bits per heavy atom. The molecule has 0 atom stereocenters. The summed E-state index contributed by atoms with van der Waals surface area (Å²) in [6, 6.07) is 7.20. The SMILES string of the molecule is Cl.NNc1ccc(CS(=O)(=O)NC2CCCCC2)cc1. The first kappa shape index (κ1) is 17.2.